The van der Waals surface area contributed by atoms with Crippen LogP contribution in [-0.4, -0.2) is 53.6 Å². The first-order valence-corrected chi connectivity index (χ1v) is 15.0. The highest BCUT2D eigenvalue weighted by molar-refractivity contribution is 7.90. The van der Waals surface area contributed by atoms with E-state index in [1.807, 2.05) is 41.3 Å². The lowest BCUT2D eigenvalue weighted by Gasteiger charge is -2.27. The lowest BCUT2D eigenvalue weighted by atomic mass is 9.97. The van der Waals surface area contributed by atoms with E-state index in [0.717, 1.165) is 55.3 Å². The highest BCUT2D eigenvalue weighted by Crippen LogP contribution is 2.42. The lowest BCUT2D eigenvalue weighted by Crippen LogP contribution is -2.36. The number of likely N-dealkylation sites (tertiary alicyclic amines) is 1. The largest absolute Gasteiger partial charge is 0.343 e. The second-order valence-corrected chi connectivity index (χ2v) is 12.1. The van der Waals surface area contributed by atoms with E-state index in [9.17, 15) is 18.0 Å². The average Bonchev–Trinajstić information content (AvgIpc) is 3.32. The molecular weight excluding hydrogens is 510 g/mol. The maximum atomic E-state index is 13.7. The van der Waals surface area contributed by atoms with Crippen LogP contribution in [0, 0.1) is 0 Å². The van der Waals surface area contributed by atoms with Gasteiger partial charge in [-0.25, -0.2) is 12.4 Å². The Bertz CT molecular complexity index is 1640. The van der Waals surface area contributed by atoms with Crippen LogP contribution >= 0.6 is 0 Å². The number of benzene rings is 3. The molecule has 39 heavy (non-hydrogen) atoms. The number of para-hydroxylation sites is 1. The van der Waals surface area contributed by atoms with E-state index in [-0.39, 0.29) is 29.7 Å². The van der Waals surface area contributed by atoms with Gasteiger partial charge in [-0.05, 0) is 42.7 Å². The number of hydrogen-bond acceptors (Lipinski definition) is 4. The molecule has 3 heterocycles. The summed E-state index contributed by atoms with van der Waals surface area (Å²) in [7, 11) is -3.87. The normalized spacial score (nSPS) is 17.8. The van der Waals surface area contributed by atoms with Gasteiger partial charge in [0.05, 0.1) is 16.5 Å². The molecule has 3 aromatic carbocycles. The van der Waals surface area contributed by atoms with Gasteiger partial charge < -0.3 is 9.80 Å². The fourth-order valence-electron chi connectivity index (χ4n) is 5.93. The van der Waals surface area contributed by atoms with Crippen LogP contribution in [0.25, 0.3) is 10.9 Å². The molecule has 0 N–H and O–H groups in total. The molecule has 1 fully saturated rings. The van der Waals surface area contributed by atoms with Gasteiger partial charge in [-0.2, -0.15) is 0 Å². The molecule has 1 atom stereocenters. The van der Waals surface area contributed by atoms with Gasteiger partial charge in [0.25, 0.3) is 15.9 Å². The van der Waals surface area contributed by atoms with Crippen LogP contribution in [0.15, 0.2) is 90.0 Å². The molecule has 0 radical (unpaired) electrons. The van der Waals surface area contributed by atoms with Crippen LogP contribution in [0.4, 0.5) is 0 Å². The van der Waals surface area contributed by atoms with Gasteiger partial charge in [0.1, 0.15) is 0 Å². The fourth-order valence-corrected chi connectivity index (χ4v) is 7.33. The summed E-state index contributed by atoms with van der Waals surface area (Å²) in [6, 6.07) is 22.7. The quantitative estimate of drug-likeness (QED) is 0.335. The molecule has 2 aliphatic rings. The van der Waals surface area contributed by atoms with Crippen LogP contribution in [0.1, 0.15) is 59.6 Å². The molecule has 0 spiro atoms. The third-order valence-corrected chi connectivity index (χ3v) is 9.57. The number of fused-ring (bicyclic) bond motifs is 2. The minimum absolute atomic E-state index is 0.0634. The Kier molecular flexibility index (Phi) is 6.73. The van der Waals surface area contributed by atoms with E-state index in [2.05, 4.69) is 0 Å². The van der Waals surface area contributed by atoms with E-state index in [1.165, 1.54) is 3.97 Å². The minimum atomic E-state index is -3.87. The molecule has 200 valence electrons. The zero-order chi connectivity index (χ0) is 27.0. The molecular formula is C31H31N3O4S. The third-order valence-electron chi connectivity index (χ3n) is 7.89. The summed E-state index contributed by atoms with van der Waals surface area (Å²) in [5.41, 5.74) is 2.69. The van der Waals surface area contributed by atoms with E-state index >= 15 is 0 Å². The SMILES string of the molecule is O=C(CCN1C(=O)c2ccccc2C1c1cn(S(=O)(=O)c2ccccc2)c2ccccc12)N1CCCCCC1. The van der Waals surface area contributed by atoms with E-state index < -0.39 is 16.1 Å². The number of aromatic nitrogens is 1. The van der Waals surface area contributed by atoms with Crippen molar-refractivity contribution in [3.8, 4) is 0 Å². The molecule has 0 saturated carbocycles. The van der Waals surface area contributed by atoms with Gasteiger partial charge in [-0.1, -0.05) is 67.4 Å². The molecule has 2 aliphatic heterocycles. The first kappa shape index (κ1) is 25.4. The first-order chi connectivity index (χ1) is 19.0. The molecule has 0 bridgehead atoms. The standard InChI is InChI=1S/C31H31N3O4S/c35-29(32-19-10-1-2-11-20-32)18-21-33-30(25-15-6-7-16-26(25)31(33)36)27-22-34(28-17-9-8-14-24(27)28)39(37,38)23-12-4-3-5-13-23/h3-9,12-17,22,30H,1-2,10-11,18-21H2. The number of carbonyl (C=O) groups excluding carboxylic acids is 2. The lowest BCUT2D eigenvalue weighted by molar-refractivity contribution is -0.131. The second-order valence-electron chi connectivity index (χ2n) is 10.2. The highest BCUT2D eigenvalue weighted by Gasteiger charge is 2.39. The van der Waals surface area contributed by atoms with Crippen molar-refractivity contribution in [2.75, 3.05) is 19.6 Å². The van der Waals surface area contributed by atoms with Crippen molar-refractivity contribution in [1.82, 2.24) is 13.8 Å². The van der Waals surface area contributed by atoms with Crippen molar-refractivity contribution in [3.63, 3.8) is 0 Å². The Hall–Kier alpha value is -3.91. The predicted molar refractivity (Wildman–Crippen MR) is 150 cm³/mol. The van der Waals surface area contributed by atoms with E-state index in [4.69, 9.17) is 0 Å². The van der Waals surface area contributed by atoms with E-state index in [1.54, 1.807) is 53.6 Å². The van der Waals surface area contributed by atoms with Crippen LogP contribution in [0.2, 0.25) is 0 Å². The van der Waals surface area contributed by atoms with Crippen molar-refractivity contribution in [2.45, 2.75) is 43.0 Å². The molecule has 8 heteroatoms. The Morgan fingerprint density at radius 1 is 0.795 bits per heavy atom. The van der Waals surface area contributed by atoms with Gasteiger partial charge in [0, 0.05) is 48.8 Å². The van der Waals surface area contributed by atoms with Crippen molar-refractivity contribution >= 4 is 32.7 Å². The fraction of sp³-hybridized carbons (Fsp3) is 0.290. The van der Waals surface area contributed by atoms with Gasteiger partial charge in [0.2, 0.25) is 5.91 Å². The molecule has 2 amide bonds. The van der Waals surface area contributed by atoms with Crippen LogP contribution < -0.4 is 0 Å². The summed E-state index contributed by atoms with van der Waals surface area (Å²) < 4.78 is 28.8. The Balaban J connectivity index is 1.41. The highest BCUT2D eigenvalue weighted by atomic mass is 32.2. The second kappa shape index (κ2) is 10.3. The summed E-state index contributed by atoms with van der Waals surface area (Å²) in [6.07, 6.45) is 6.19. The molecule has 7 nitrogen and oxygen atoms in total. The Labute approximate surface area is 228 Å². The maximum absolute atomic E-state index is 13.7. The molecule has 1 aromatic heterocycles. The van der Waals surface area contributed by atoms with E-state index in [0.29, 0.717) is 11.1 Å². The number of hydrogen-bond donors (Lipinski definition) is 0. The summed E-state index contributed by atoms with van der Waals surface area (Å²) in [4.78, 5) is 30.7. The topological polar surface area (TPSA) is 79.7 Å². The third kappa shape index (κ3) is 4.52. The smallest absolute Gasteiger partial charge is 0.268 e. The molecule has 4 aromatic rings. The van der Waals surface area contributed by atoms with Crippen molar-refractivity contribution in [1.29, 1.82) is 0 Å². The van der Waals surface area contributed by atoms with Gasteiger partial charge in [0.15, 0.2) is 0 Å². The van der Waals surface area contributed by atoms with Crippen LogP contribution in [0.3, 0.4) is 0 Å². The maximum Gasteiger partial charge on any atom is 0.268 e. The Morgan fingerprint density at radius 3 is 2.23 bits per heavy atom. The van der Waals surface area contributed by atoms with Crippen molar-refractivity contribution in [3.05, 3.63) is 102 Å². The number of carbonyl (C=O) groups is 2. The number of amides is 2. The minimum Gasteiger partial charge on any atom is -0.343 e. The zero-order valence-electron chi connectivity index (χ0n) is 21.7. The van der Waals surface area contributed by atoms with Crippen LogP contribution in [0.5, 0.6) is 0 Å². The van der Waals surface area contributed by atoms with Crippen molar-refractivity contribution < 1.29 is 18.0 Å². The van der Waals surface area contributed by atoms with Gasteiger partial charge in [-0.3, -0.25) is 9.59 Å². The zero-order valence-corrected chi connectivity index (χ0v) is 22.5. The summed E-state index contributed by atoms with van der Waals surface area (Å²) >= 11 is 0. The van der Waals surface area contributed by atoms with Gasteiger partial charge in [-0.15, -0.1) is 0 Å². The summed E-state index contributed by atoms with van der Waals surface area (Å²) in [5, 5.41) is 0.760. The van der Waals surface area contributed by atoms with Crippen LogP contribution in [-0.2, 0) is 14.8 Å². The van der Waals surface area contributed by atoms with Gasteiger partial charge >= 0.3 is 0 Å². The number of rotatable bonds is 6. The number of nitrogens with zero attached hydrogens (tertiary/aromatic N) is 3. The predicted octanol–water partition coefficient (Wildman–Crippen LogP) is 5.22. The monoisotopic (exact) mass is 541 g/mol. The molecule has 1 unspecified atom stereocenters. The summed E-state index contributed by atoms with van der Waals surface area (Å²) in [6.45, 7) is 1.79. The Morgan fingerprint density at radius 2 is 1.46 bits per heavy atom. The average molecular weight is 542 g/mol. The van der Waals surface area contributed by atoms with Crippen molar-refractivity contribution in [2.24, 2.45) is 0 Å². The molecule has 1 saturated heterocycles. The first-order valence-electron chi connectivity index (χ1n) is 13.5. The summed E-state index contributed by atoms with van der Waals surface area (Å²) in [5.74, 6) is -0.0736. The molecule has 6 rings (SSSR count). The molecule has 0 aliphatic carbocycles.